The lowest BCUT2D eigenvalue weighted by molar-refractivity contribution is -0.111. The molecule has 7 heteroatoms. The number of para-hydroxylation sites is 1. The molecule has 0 unspecified atom stereocenters. The summed E-state index contributed by atoms with van der Waals surface area (Å²) in [6, 6.07) is 14.5. The van der Waals surface area contributed by atoms with Crippen LogP contribution in [0.5, 0.6) is 11.5 Å². The summed E-state index contributed by atoms with van der Waals surface area (Å²) < 4.78 is 10.5. The van der Waals surface area contributed by atoms with E-state index in [9.17, 15) is 4.79 Å². The first kappa shape index (κ1) is 17.2. The largest absolute Gasteiger partial charge is 0.493 e. The van der Waals surface area contributed by atoms with Crippen molar-refractivity contribution >= 4 is 23.5 Å². The summed E-state index contributed by atoms with van der Waals surface area (Å²) in [5.74, 6) is 0.763. The van der Waals surface area contributed by atoms with Crippen LogP contribution in [0.4, 0.5) is 5.69 Å². The Morgan fingerprint density at radius 3 is 2.81 bits per heavy atom. The van der Waals surface area contributed by atoms with Gasteiger partial charge in [-0.2, -0.15) is 10.4 Å². The molecule has 0 saturated carbocycles. The molecule has 1 aliphatic heterocycles. The van der Waals surface area contributed by atoms with Crippen LogP contribution in [0.15, 0.2) is 52.7 Å². The maximum Gasteiger partial charge on any atom is 0.279 e. The van der Waals surface area contributed by atoms with Crippen LogP contribution in [-0.4, -0.2) is 38.6 Å². The van der Waals surface area contributed by atoms with Crippen LogP contribution in [0.25, 0.3) is 0 Å². The standard InChI is InChI=1S/C19H16N4O3/c1-23-15-6-4-3-5-14(15)18(19(23)24)22-21-12-13-7-8-16(26-10-9-20)17(11-13)25-2/h3-8,11-12H,10H2,1-2H3/b21-12-,22-18-. The average Bonchev–Trinajstić information content (AvgIpc) is 2.92. The number of hydrogen-bond acceptors (Lipinski definition) is 6. The van der Waals surface area contributed by atoms with E-state index in [1.807, 2.05) is 30.3 Å². The smallest absolute Gasteiger partial charge is 0.279 e. The van der Waals surface area contributed by atoms with Crippen LogP contribution in [0.3, 0.4) is 0 Å². The third-order valence-corrected chi connectivity index (χ3v) is 3.87. The molecule has 2 aromatic rings. The van der Waals surface area contributed by atoms with Crippen molar-refractivity contribution in [2.45, 2.75) is 0 Å². The fraction of sp³-hybridized carbons (Fsp3) is 0.158. The lowest BCUT2D eigenvalue weighted by Crippen LogP contribution is -2.25. The van der Waals surface area contributed by atoms with Gasteiger partial charge in [0.25, 0.3) is 5.91 Å². The van der Waals surface area contributed by atoms with Gasteiger partial charge in [-0.15, -0.1) is 5.10 Å². The molecule has 0 aliphatic carbocycles. The Bertz CT molecular complexity index is 944. The number of amides is 1. The summed E-state index contributed by atoms with van der Waals surface area (Å²) in [5, 5.41) is 16.7. The van der Waals surface area contributed by atoms with Crippen LogP contribution in [0.1, 0.15) is 11.1 Å². The Hall–Kier alpha value is -3.66. The number of hydrogen-bond donors (Lipinski definition) is 0. The van der Waals surface area contributed by atoms with Crippen molar-refractivity contribution in [3.63, 3.8) is 0 Å². The first-order valence-corrected chi connectivity index (χ1v) is 7.82. The minimum absolute atomic E-state index is 0.0630. The van der Waals surface area contributed by atoms with Crippen molar-refractivity contribution in [1.82, 2.24) is 0 Å². The van der Waals surface area contributed by atoms with E-state index < -0.39 is 0 Å². The second-order valence-electron chi connectivity index (χ2n) is 5.43. The van der Waals surface area contributed by atoms with Gasteiger partial charge in [-0.1, -0.05) is 18.2 Å². The molecule has 0 aromatic heterocycles. The van der Waals surface area contributed by atoms with E-state index in [0.717, 1.165) is 16.8 Å². The lowest BCUT2D eigenvalue weighted by atomic mass is 10.1. The molecule has 2 aromatic carbocycles. The number of rotatable bonds is 5. The molecule has 7 nitrogen and oxygen atoms in total. The molecular formula is C19H16N4O3. The number of carbonyl (C=O) groups excluding carboxylic acids is 1. The molecule has 0 fully saturated rings. The van der Waals surface area contributed by atoms with E-state index in [-0.39, 0.29) is 12.5 Å². The molecule has 0 radical (unpaired) electrons. The first-order valence-electron chi connectivity index (χ1n) is 7.82. The predicted octanol–water partition coefficient (Wildman–Crippen LogP) is 2.40. The number of ether oxygens (including phenoxy) is 2. The monoisotopic (exact) mass is 348 g/mol. The summed E-state index contributed by atoms with van der Waals surface area (Å²) in [6.07, 6.45) is 1.53. The fourth-order valence-electron chi connectivity index (χ4n) is 2.59. The number of carbonyl (C=O) groups is 1. The van der Waals surface area contributed by atoms with Gasteiger partial charge >= 0.3 is 0 Å². The average molecular weight is 348 g/mol. The minimum Gasteiger partial charge on any atom is -0.493 e. The Labute approximate surface area is 150 Å². The van der Waals surface area contributed by atoms with E-state index in [1.54, 1.807) is 30.1 Å². The SMILES string of the molecule is COc1cc(/C=N\N=C2/C(=O)N(C)c3ccccc32)ccc1OCC#N. The number of nitrogens with zero attached hydrogens (tertiary/aromatic N) is 4. The molecule has 26 heavy (non-hydrogen) atoms. The highest BCUT2D eigenvalue weighted by atomic mass is 16.5. The van der Waals surface area contributed by atoms with Crippen molar-refractivity contribution in [1.29, 1.82) is 5.26 Å². The van der Waals surface area contributed by atoms with Crippen LogP contribution in [0, 0.1) is 11.3 Å². The number of fused-ring (bicyclic) bond motifs is 1. The van der Waals surface area contributed by atoms with Crippen molar-refractivity contribution in [2.24, 2.45) is 10.2 Å². The number of nitriles is 1. The van der Waals surface area contributed by atoms with Crippen LogP contribution in [-0.2, 0) is 4.79 Å². The van der Waals surface area contributed by atoms with Gasteiger partial charge in [0.1, 0.15) is 6.07 Å². The van der Waals surface area contributed by atoms with E-state index in [0.29, 0.717) is 17.2 Å². The number of likely N-dealkylation sites (N-methyl/N-ethyl adjacent to an activating group) is 1. The molecule has 0 N–H and O–H groups in total. The fourth-order valence-corrected chi connectivity index (χ4v) is 2.59. The number of benzene rings is 2. The Kier molecular flexibility index (Phi) is 4.94. The van der Waals surface area contributed by atoms with Crippen LogP contribution >= 0.6 is 0 Å². The van der Waals surface area contributed by atoms with Crippen molar-refractivity contribution in [3.8, 4) is 17.6 Å². The molecule has 3 rings (SSSR count). The maximum absolute atomic E-state index is 12.3. The van der Waals surface area contributed by atoms with Gasteiger partial charge in [0.15, 0.2) is 23.8 Å². The van der Waals surface area contributed by atoms with E-state index in [2.05, 4.69) is 10.2 Å². The normalized spacial score (nSPS) is 14.6. The predicted molar refractivity (Wildman–Crippen MR) is 98.1 cm³/mol. The molecule has 0 atom stereocenters. The first-order chi connectivity index (χ1) is 12.7. The second kappa shape index (κ2) is 7.49. The molecule has 1 aliphatic rings. The highest BCUT2D eigenvalue weighted by Crippen LogP contribution is 2.28. The van der Waals surface area contributed by atoms with E-state index >= 15 is 0 Å². The number of methoxy groups -OCH3 is 1. The molecule has 0 bridgehead atoms. The quantitative estimate of drug-likeness (QED) is 0.613. The van der Waals surface area contributed by atoms with Gasteiger partial charge in [-0.25, -0.2) is 0 Å². The third kappa shape index (κ3) is 3.26. The molecular weight excluding hydrogens is 332 g/mol. The Balaban J connectivity index is 1.84. The van der Waals surface area contributed by atoms with Gasteiger partial charge in [-0.05, 0) is 29.8 Å². The Morgan fingerprint density at radius 1 is 1.23 bits per heavy atom. The third-order valence-electron chi connectivity index (χ3n) is 3.87. The highest BCUT2D eigenvalue weighted by Gasteiger charge is 2.30. The molecule has 0 saturated heterocycles. The van der Waals surface area contributed by atoms with Gasteiger partial charge in [0.2, 0.25) is 0 Å². The summed E-state index contributed by atoms with van der Waals surface area (Å²) in [7, 11) is 3.22. The van der Waals surface area contributed by atoms with E-state index in [1.165, 1.54) is 13.3 Å². The summed E-state index contributed by atoms with van der Waals surface area (Å²) >= 11 is 0. The van der Waals surface area contributed by atoms with Gasteiger partial charge < -0.3 is 14.4 Å². The Morgan fingerprint density at radius 2 is 2.04 bits per heavy atom. The number of anilines is 1. The zero-order valence-corrected chi connectivity index (χ0v) is 14.3. The highest BCUT2D eigenvalue weighted by molar-refractivity contribution is 6.54. The maximum atomic E-state index is 12.3. The summed E-state index contributed by atoms with van der Waals surface area (Å²) in [6.45, 7) is -0.0630. The molecule has 1 amide bonds. The summed E-state index contributed by atoms with van der Waals surface area (Å²) in [5.41, 5.74) is 2.60. The van der Waals surface area contributed by atoms with Gasteiger partial charge in [0, 0.05) is 12.6 Å². The zero-order valence-electron chi connectivity index (χ0n) is 14.3. The molecule has 1 heterocycles. The van der Waals surface area contributed by atoms with Crippen molar-refractivity contribution < 1.29 is 14.3 Å². The van der Waals surface area contributed by atoms with Crippen LogP contribution < -0.4 is 14.4 Å². The zero-order chi connectivity index (χ0) is 18.5. The molecule has 130 valence electrons. The van der Waals surface area contributed by atoms with Gasteiger partial charge in [-0.3, -0.25) is 4.79 Å². The van der Waals surface area contributed by atoms with Gasteiger partial charge in [0.05, 0.1) is 19.0 Å². The van der Waals surface area contributed by atoms with Crippen molar-refractivity contribution in [3.05, 3.63) is 53.6 Å². The minimum atomic E-state index is -0.193. The van der Waals surface area contributed by atoms with Crippen molar-refractivity contribution in [2.75, 3.05) is 25.7 Å². The second-order valence-corrected chi connectivity index (χ2v) is 5.43. The van der Waals surface area contributed by atoms with Crippen LogP contribution in [0.2, 0.25) is 0 Å². The summed E-state index contributed by atoms with van der Waals surface area (Å²) in [4.78, 5) is 13.9. The van der Waals surface area contributed by atoms with E-state index in [4.69, 9.17) is 14.7 Å². The molecule has 0 spiro atoms. The topological polar surface area (TPSA) is 87.3 Å². The lowest BCUT2D eigenvalue weighted by Gasteiger charge is -2.08.